The lowest BCUT2D eigenvalue weighted by atomic mass is 10.00. The molecular formula is C16H24N2O. The molecule has 1 heterocycles. The fraction of sp³-hybridized carbons (Fsp3) is 0.625. The molecule has 1 aromatic rings. The van der Waals surface area contributed by atoms with Crippen molar-refractivity contribution in [2.75, 3.05) is 26.3 Å². The smallest absolute Gasteiger partial charge is 0.0620 e. The molecule has 0 spiro atoms. The van der Waals surface area contributed by atoms with E-state index in [0.717, 1.165) is 25.7 Å². The number of hydrogen-bond donors (Lipinski definition) is 1. The van der Waals surface area contributed by atoms with Crippen molar-refractivity contribution in [3.63, 3.8) is 0 Å². The third kappa shape index (κ3) is 2.83. The second-order valence-corrected chi connectivity index (χ2v) is 5.85. The van der Waals surface area contributed by atoms with Gasteiger partial charge in [0.25, 0.3) is 0 Å². The van der Waals surface area contributed by atoms with E-state index in [1.807, 2.05) is 0 Å². The Morgan fingerprint density at radius 1 is 1.32 bits per heavy atom. The monoisotopic (exact) mass is 260 g/mol. The van der Waals surface area contributed by atoms with Crippen LogP contribution in [0.5, 0.6) is 0 Å². The summed E-state index contributed by atoms with van der Waals surface area (Å²) in [4.78, 5) is 2.48. The van der Waals surface area contributed by atoms with E-state index in [9.17, 15) is 0 Å². The summed E-state index contributed by atoms with van der Waals surface area (Å²) < 4.78 is 5.52. The van der Waals surface area contributed by atoms with Crippen LogP contribution in [-0.2, 0) is 4.74 Å². The number of nitrogens with zero attached hydrogens (tertiary/aromatic N) is 1. The summed E-state index contributed by atoms with van der Waals surface area (Å²) in [5.41, 5.74) is 8.87. The van der Waals surface area contributed by atoms with Crippen molar-refractivity contribution in [1.29, 1.82) is 0 Å². The first-order chi connectivity index (χ1) is 9.29. The quantitative estimate of drug-likeness (QED) is 0.902. The van der Waals surface area contributed by atoms with Crippen LogP contribution in [-0.4, -0.2) is 37.2 Å². The highest BCUT2D eigenvalue weighted by molar-refractivity contribution is 5.30. The topological polar surface area (TPSA) is 38.5 Å². The van der Waals surface area contributed by atoms with E-state index in [4.69, 9.17) is 10.5 Å². The molecule has 0 bridgehead atoms. The van der Waals surface area contributed by atoms with Crippen molar-refractivity contribution < 1.29 is 4.74 Å². The van der Waals surface area contributed by atoms with Gasteiger partial charge in [-0.1, -0.05) is 24.3 Å². The standard InChI is InChI=1S/C16H24N2O/c1-12-11-19-9-8-18(12)16(10-17)15-6-4-14(5-7-15)13-2-3-13/h4-7,12-13,16H,2-3,8-11,17H2,1H3. The molecule has 3 heteroatoms. The molecule has 3 nitrogen and oxygen atoms in total. The van der Waals surface area contributed by atoms with Gasteiger partial charge in [0.2, 0.25) is 0 Å². The van der Waals surface area contributed by atoms with Crippen LogP contribution in [0.2, 0.25) is 0 Å². The van der Waals surface area contributed by atoms with Crippen LogP contribution in [0.25, 0.3) is 0 Å². The van der Waals surface area contributed by atoms with Gasteiger partial charge < -0.3 is 10.5 Å². The largest absolute Gasteiger partial charge is 0.379 e. The molecule has 2 unspecified atom stereocenters. The molecule has 1 saturated carbocycles. The van der Waals surface area contributed by atoms with Gasteiger partial charge >= 0.3 is 0 Å². The number of hydrogen-bond acceptors (Lipinski definition) is 3. The van der Waals surface area contributed by atoms with Crippen LogP contribution in [0.3, 0.4) is 0 Å². The van der Waals surface area contributed by atoms with Gasteiger partial charge in [-0.25, -0.2) is 0 Å². The summed E-state index contributed by atoms with van der Waals surface area (Å²) in [5.74, 6) is 0.827. The molecule has 2 fully saturated rings. The Kier molecular flexibility index (Phi) is 3.87. The van der Waals surface area contributed by atoms with Crippen LogP contribution in [0.15, 0.2) is 24.3 Å². The van der Waals surface area contributed by atoms with E-state index in [0.29, 0.717) is 18.6 Å². The zero-order chi connectivity index (χ0) is 13.2. The van der Waals surface area contributed by atoms with Crippen molar-refractivity contribution in [3.05, 3.63) is 35.4 Å². The van der Waals surface area contributed by atoms with Gasteiger partial charge in [-0.2, -0.15) is 0 Å². The van der Waals surface area contributed by atoms with Gasteiger partial charge in [-0.15, -0.1) is 0 Å². The third-order valence-electron chi connectivity index (χ3n) is 4.41. The van der Waals surface area contributed by atoms with E-state index in [-0.39, 0.29) is 0 Å². The number of rotatable bonds is 4. The zero-order valence-electron chi connectivity index (χ0n) is 11.7. The molecule has 2 aliphatic rings. The molecule has 104 valence electrons. The highest BCUT2D eigenvalue weighted by Crippen LogP contribution is 2.40. The van der Waals surface area contributed by atoms with Crippen molar-refractivity contribution >= 4 is 0 Å². The second kappa shape index (κ2) is 5.61. The van der Waals surface area contributed by atoms with Gasteiger partial charge in [0.05, 0.1) is 13.2 Å². The van der Waals surface area contributed by atoms with Gasteiger partial charge in [-0.05, 0) is 36.8 Å². The number of benzene rings is 1. The molecule has 1 aliphatic heterocycles. The lowest BCUT2D eigenvalue weighted by Crippen LogP contribution is -2.47. The van der Waals surface area contributed by atoms with E-state index in [1.165, 1.54) is 24.0 Å². The van der Waals surface area contributed by atoms with Crippen LogP contribution >= 0.6 is 0 Å². The van der Waals surface area contributed by atoms with Gasteiger partial charge in [0.15, 0.2) is 0 Å². The first-order valence-electron chi connectivity index (χ1n) is 7.43. The molecule has 1 saturated heterocycles. The van der Waals surface area contributed by atoms with E-state index < -0.39 is 0 Å². The summed E-state index contributed by atoms with van der Waals surface area (Å²) in [6, 6.07) is 9.90. The SMILES string of the molecule is CC1COCCN1C(CN)c1ccc(C2CC2)cc1. The first-order valence-corrected chi connectivity index (χ1v) is 7.43. The summed E-state index contributed by atoms with van der Waals surface area (Å²) in [7, 11) is 0. The Morgan fingerprint density at radius 3 is 2.63 bits per heavy atom. The minimum absolute atomic E-state index is 0.326. The Labute approximate surface area is 115 Å². The maximum Gasteiger partial charge on any atom is 0.0620 e. The molecule has 2 atom stereocenters. The van der Waals surface area contributed by atoms with Crippen molar-refractivity contribution in [2.45, 2.75) is 37.8 Å². The molecular weight excluding hydrogens is 236 g/mol. The minimum Gasteiger partial charge on any atom is -0.379 e. The van der Waals surface area contributed by atoms with E-state index >= 15 is 0 Å². The summed E-state index contributed by atoms with van der Waals surface area (Å²) >= 11 is 0. The van der Waals surface area contributed by atoms with Gasteiger partial charge in [0.1, 0.15) is 0 Å². The minimum atomic E-state index is 0.326. The summed E-state index contributed by atoms with van der Waals surface area (Å²) in [6.07, 6.45) is 2.72. The maximum absolute atomic E-state index is 6.03. The lowest BCUT2D eigenvalue weighted by molar-refractivity contribution is -0.0209. The van der Waals surface area contributed by atoms with Crippen LogP contribution in [0, 0.1) is 0 Å². The predicted molar refractivity (Wildman–Crippen MR) is 77.2 cm³/mol. The molecule has 3 rings (SSSR count). The maximum atomic E-state index is 6.03. The number of ether oxygens (including phenoxy) is 1. The molecule has 19 heavy (non-hydrogen) atoms. The first kappa shape index (κ1) is 13.1. The van der Waals surface area contributed by atoms with E-state index in [2.05, 4.69) is 36.1 Å². The molecule has 2 N–H and O–H groups in total. The Morgan fingerprint density at radius 2 is 2.05 bits per heavy atom. The van der Waals surface area contributed by atoms with Crippen molar-refractivity contribution in [3.8, 4) is 0 Å². The fourth-order valence-electron chi connectivity index (χ4n) is 3.07. The molecule has 0 amide bonds. The van der Waals surface area contributed by atoms with Crippen LogP contribution in [0.1, 0.15) is 42.9 Å². The average molecular weight is 260 g/mol. The molecule has 1 aromatic carbocycles. The average Bonchev–Trinajstić information content (AvgIpc) is 3.27. The van der Waals surface area contributed by atoms with Crippen molar-refractivity contribution in [1.82, 2.24) is 4.90 Å². The molecule has 0 radical (unpaired) electrons. The number of nitrogens with two attached hydrogens (primary N) is 1. The summed E-state index contributed by atoms with van der Waals surface area (Å²) in [5, 5.41) is 0. The Bertz CT molecular complexity index is 413. The third-order valence-corrected chi connectivity index (χ3v) is 4.41. The lowest BCUT2D eigenvalue weighted by Gasteiger charge is -2.39. The fourth-order valence-corrected chi connectivity index (χ4v) is 3.07. The Hall–Kier alpha value is -0.900. The number of morpholine rings is 1. The molecule has 0 aromatic heterocycles. The normalized spacial score (nSPS) is 26.3. The summed E-state index contributed by atoms with van der Waals surface area (Å²) in [6.45, 7) is 5.51. The highest BCUT2D eigenvalue weighted by atomic mass is 16.5. The van der Waals surface area contributed by atoms with Gasteiger partial charge in [-0.3, -0.25) is 4.90 Å². The van der Waals surface area contributed by atoms with Crippen LogP contribution < -0.4 is 5.73 Å². The molecule has 1 aliphatic carbocycles. The van der Waals surface area contributed by atoms with Gasteiger partial charge in [0, 0.05) is 25.2 Å². The predicted octanol–water partition coefficient (Wildman–Crippen LogP) is 2.28. The van der Waals surface area contributed by atoms with E-state index in [1.54, 1.807) is 0 Å². The zero-order valence-corrected chi connectivity index (χ0v) is 11.7. The van der Waals surface area contributed by atoms with Crippen molar-refractivity contribution in [2.24, 2.45) is 5.73 Å². The Balaban J connectivity index is 1.76. The van der Waals surface area contributed by atoms with Crippen LogP contribution in [0.4, 0.5) is 0 Å². The second-order valence-electron chi connectivity index (χ2n) is 5.85. The highest BCUT2D eigenvalue weighted by Gasteiger charge is 2.27.